The van der Waals surface area contributed by atoms with Gasteiger partial charge in [0.15, 0.2) is 5.65 Å². The number of sulfonamides is 1. The zero-order valence-electron chi connectivity index (χ0n) is 15.4. The highest BCUT2D eigenvalue weighted by molar-refractivity contribution is 7.89. The van der Waals surface area contributed by atoms with Crippen LogP contribution >= 0.6 is 0 Å². The molecule has 0 bridgehead atoms. The fraction of sp³-hybridized carbons (Fsp3) is 0.316. The zero-order valence-corrected chi connectivity index (χ0v) is 16.3. The van der Waals surface area contributed by atoms with Crippen molar-refractivity contribution in [1.29, 1.82) is 0 Å². The lowest BCUT2D eigenvalue weighted by Gasteiger charge is -2.34. The molecule has 1 aromatic carbocycles. The van der Waals surface area contributed by atoms with E-state index in [0.29, 0.717) is 41.3 Å². The Balaban J connectivity index is 1.73. The van der Waals surface area contributed by atoms with Gasteiger partial charge in [0.25, 0.3) is 0 Å². The average molecular weight is 399 g/mol. The van der Waals surface area contributed by atoms with Crippen molar-refractivity contribution in [3.63, 3.8) is 0 Å². The van der Waals surface area contributed by atoms with Crippen molar-refractivity contribution in [2.75, 3.05) is 19.4 Å². The highest BCUT2D eigenvalue weighted by Gasteiger charge is 2.35. The maximum atomic E-state index is 13.3. The summed E-state index contributed by atoms with van der Waals surface area (Å²) in [6, 6.07) is 9.72. The summed E-state index contributed by atoms with van der Waals surface area (Å²) in [6.07, 6.45) is 3.81. The first-order chi connectivity index (χ1) is 13.5. The van der Waals surface area contributed by atoms with Crippen molar-refractivity contribution in [2.45, 2.75) is 30.2 Å². The van der Waals surface area contributed by atoms with Gasteiger partial charge in [-0.2, -0.15) is 4.31 Å². The highest BCUT2D eigenvalue weighted by atomic mass is 32.2. The molecule has 1 aliphatic rings. The fourth-order valence-corrected chi connectivity index (χ4v) is 5.20. The molecule has 0 unspecified atom stereocenters. The minimum Gasteiger partial charge on any atom is -0.497 e. The summed E-state index contributed by atoms with van der Waals surface area (Å²) in [6.45, 7) is 0.449. The number of piperidine rings is 1. The van der Waals surface area contributed by atoms with Crippen LogP contribution < -0.4 is 10.5 Å². The number of ether oxygens (including phenoxy) is 1. The van der Waals surface area contributed by atoms with Gasteiger partial charge in [-0.15, -0.1) is 0 Å². The molecule has 9 heteroatoms. The molecule has 1 saturated heterocycles. The number of pyridine rings is 1. The first-order valence-electron chi connectivity index (χ1n) is 9.04. The Morgan fingerprint density at radius 3 is 2.64 bits per heavy atom. The minimum absolute atomic E-state index is 0.243. The van der Waals surface area contributed by atoms with Crippen molar-refractivity contribution < 1.29 is 13.2 Å². The van der Waals surface area contributed by atoms with Crippen molar-refractivity contribution >= 4 is 26.9 Å². The van der Waals surface area contributed by atoms with Gasteiger partial charge in [0, 0.05) is 6.54 Å². The molecule has 0 spiro atoms. The molecule has 3 aromatic rings. The molecule has 146 valence electrons. The van der Waals surface area contributed by atoms with Crippen LogP contribution in [0.5, 0.6) is 5.75 Å². The summed E-state index contributed by atoms with van der Waals surface area (Å²) in [4.78, 5) is 13.0. The monoisotopic (exact) mass is 399 g/mol. The molecule has 0 saturated carbocycles. The lowest BCUT2D eigenvalue weighted by atomic mass is 10.0. The predicted octanol–water partition coefficient (Wildman–Crippen LogP) is 2.53. The molecular weight excluding hydrogens is 378 g/mol. The largest absolute Gasteiger partial charge is 0.497 e. The first kappa shape index (κ1) is 18.6. The van der Waals surface area contributed by atoms with Gasteiger partial charge >= 0.3 is 0 Å². The second kappa shape index (κ2) is 7.33. The van der Waals surface area contributed by atoms with Gasteiger partial charge in [0.05, 0.1) is 29.1 Å². The number of hydrogen-bond acceptors (Lipinski definition) is 7. The van der Waals surface area contributed by atoms with Gasteiger partial charge in [0.1, 0.15) is 17.9 Å². The van der Waals surface area contributed by atoms with Crippen molar-refractivity contribution in [2.24, 2.45) is 0 Å². The van der Waals surface area contributed by atoms with E-state index >= 15 is 0 Å². The third-order valence-electron chi connectivity index (χ3n) is 5.01. The average Bonchev–Trinajstić information content (AvgIpc) is 2.74. The topological polar surface area (TPSA) is 111 Å². The van der Waals surface area contributed by atoms with E-state index in [1.54, 1.807) is 37.4 Å². The molecule has 0 amide bonds. The van der Waals surface area contributed by atoms with E-state index in [1.807, 2.05) is 6.07 Å². The number of nitrogens with two attached hydrogens (primary N) is 1. The normalized spacial score (nSPS) is 18.2. The Kier molecular flexibility index (Phi) is 4.86. The number of aromatic nitrogens is 3. The molecule has 2 N–H and O–H groups in total. The summed E-state index contributed by atoms with van der Waals surface area (Å²) >= 11 is 0. The van der Waals surface area contributed by atoms with Crippen LogP contribution in [0.1, 0.15) is 31.0 Å². The van der Waals surface area contributed by atoms with Gasteiger partial charge in [-0.25, -0.2) is 23.4 Å². The Bertz CT molecular complexity index is 1100. The Hall–Kier alpha value is -2.78. The van der Waals surface area contributed by atoms with Crippen molar-refractivity contribution in [3.8, 4) is 5.75 Å². The molecule has 4 rings (SSSR count). The summed E-state index contributed by atoms with van der Waals surface area (Å²) < 4.78 is 33.3. The summed E-state index contributed by atoms with van der Waals surface area (Å²) in [7, 11) is -2.12. The Morgan fingerprint density at radius 1 is 1.11 bits per heavy atom. The SMILES string of the molecule is COc1ccc(S(=O)(=O)N2CCCC[C@H]2c2ccc3c(N)ncnc3n2)cc1. The number of anilines is 1. The van der Waals surface area contributed by atoms with Crippen LogP contribution in [0.3, 0.4) is 0 Å². The van der Waals surface area contributed by atoms with Crippen LogP contribution in [0.4, 0.5) is 5.82 Å². The van der Waals surface area contributed by atoms with Crippen LogP contribution in [-0.4, -0.2) is 41.3 Å². The number of benzene rings is 1. The standard InChI is InChI=1S/C19H21N5O3S/c1-27-13-5-7-14(8-6-13)28(25,26)24-11-3-2-4-17(24)16-10-9-15-18(20)21-12-22-19(15)23-16/h5-10,12,17H,2-4,11H2,1H3,(H2,20,21,22,23)/t17-/m0/s1. The van der Waals surface area contributed by atoms with E-state index in [4.69, 9.17) is 10.5 Å². The Labute approximate surface area is 163 Å². The molecule has 1 fully saturated rings. The number of rotatable bonds is 4. The molecule has 0 aliphatic carbocycles. The fourth-order valence-electron chi connectivity index (χ4n) is 3.53. The van der Waals surface area contributed by atoms with Crippen LogP contribution in [0, 0.1) is 0 Å². The van der Waals surface area contributed by atoms with E-state index in [0.717, 1.165) is 12.8 Å². The van der Waals surface area contributed by atoms with Gasteiger partial charge in [-0.1, -0.05) is 6.42 Å². The van der Waals surface area contributed by atoms with Gasteiger partial charge in [-0.05, 0) is 49.2 Å². The minimum atomic E-state index is -3.67. The van der Waals surface area contributed by atoms with E-state index in [2.05, 4.69) is 15.0 Å². The first-order valence-corrected chi connectivity index (χ1v) is 10.5. The number of methoxy groups -OCH3 is 1. The maximum absolute atomic E-state index is 13.3. The van der Waals surface area contributed by atoms with Gasteiger partial charge < -0.3 is 10.5 Å². The molecule has 1 atom stereocenters. The molecule has 2 aromatic heterocycles. The summed E-state index contributed by atoms with van der Waals surface area (Å²) in [5, 5.41) is 0.659. The van der Waals surface area contributed by atoms with Crippen LogP contribution in [0.25, 0.3) is 11.0 Å². The molecule has 0 radical (unpaired) electrons. The smallest absolute Gasteiger partial charge is 0.243 e. The number of nitrogens with zero attached hydrogens (tertiary/aromatic N) is 4. The molecule has 28 heavy (non-hydrogen) atoms. The molecule has 8 nitrogen and oxygen atoms in total. The van der Waals surface area contributed by atoms with Gasteiger partial charge in [-0.3, -0.25) is 0 Å². The van der Waals surface area contributed by atoms with Crippen LogP contribution in [0.2, 0.25) is 0 Å². The summed E-state index contributed by atoms with van der Waals surface area (Å²) in [5.41, 5.74) is 7.01. The van der Waals surface area contributed by atoms with Crippen molar-refractivity contribution in [3.05, 3.63) is 48.4 Å². The van der Waals surface area contributed by atoms with Crippen LogP contribution in [-0.2, 0) is 10.0 Å². The van der Waals surface area contributed by atoms with Crippen molar-refractivity contribution in [1.82, 2.24) is 19.3 Å². The number of fused-ring (bicyclic) bond motifs is 1. The van der Waals surface area contributed by atoms with Gasteiger partial charge in [0.2, 0.25) is 10.0 Å². The highest BCUT2D eigenvalue weighted by Crippen LogP contribution is 2.35. The zero-order chi connectivity index (χ0) is 19.7. The quantitative estimate of drug-likeness (QED) is 0.717. The third kappa shape index (κ3) is 3.27. The maximum Gasteiger partial charge on any atom is 0.243 e. The molecule has 1 aliphatic heterocycles. The third-order valence-corrected chi connectivity index (χ3v) is 6.93. The lowest BCUT2D eigenvalue weighted by molar-refractivity contribution is 0.252. The van der Waals surface area contributed by atoms with Crippen LogP contribution in [0.15, 0.2) is 47.6 Å². The lowest BCUT2D eigenvalue weighted by Crippen LogP contribution is -2.38. The number of hydrogen-bond donors (Lipinski definition) is 1. The second-order valence-corrected chi connectivity index (χ2v) is 8.56. The summed E-state index contributed by atoms with van der Waals surface area (Å²) in [5.74, 6) is 0.970. The molecular formula is C19H21N5O3S. The van der Waals surface area contributed by atoms with E-state index in [1.165, 1.54) is 10.6 Å². The number of nitrogen functional groups attached to an aromatic ring is 1. The predicted molar refractivity (Wildman–Crippen MR) is 105 cm³/mol. The van der Waals surface area contributed by atoms with E-state index in [9.17, 15) is 8.42 Å². The Morgan fingerprint density at radius 2 is 1.89 bits per heavy atom. The molecule has 3 heterocycles. The van der Waals surface area contributed by atoms with E-state index in [-0.39, 0.29) is 10.9 Å². The van der Waals surface area contributed by atoms with E-state index < -0.39 is 10.0 Å². The second-order valence-electron chi connectivity index (χ2n) is 6.67.